The maximum absolute atomic E-state index is 11.9. The number of rotatable bonds is 4. The number of likely N-dealkylation sites (tertiary alicyclic amines) is 1. The molecule has 1 aliphatic rings. The average molecular weight is 298 g/mol. The van der Waals surface area contributed by atoms with Gasteiger partial charge in [0, 0.05) is 32.7 Å². The van der Waals surface area contributed by atoms with Crippen molar-refractivity contribution in [2.75, 3.05) is 20.1 Å². The molecule has 20 heavy (non-hydrogen) atoms. The van der Waals surface area contributed by atoms with Crippen LogP contribution in [0.2, 0.25) is 0 Å². The highest BCUT2D eigenvalue weighted by molar-refractivity contribution is 5.85. The summed E-state index contributed by atoms with van der Waals surface area (Å²) in [5.74, 6) is 0.0339. The topological polar surface area (TPSA) is 49.6 Å². The Morgan fingerprint density at radius 3 is 2.70 bits per heavy atom. The Morgan fingerprint density at radius 1 is 1.45 bits per heavy atom. The number of nitrogens with two attached hydrogens (primary N) is 1. The summed E-state index contributed by atoms with van der Waals surface area (Å²) in [5.41, 5.74) is 6.98. The number of carbonyl (C=O) groups excluding carboxylic acids is 1. The second-order valence-electron chi connectivity index (χ2n) is 5.40. The van der Waals surface area contributed by atoms with E-state index in [1.54, 1.807) is 6.92 Å². The van der Waals surface area contributed by atoms with Crippen molar-refractivity contribution in [3.8, 4) is 0 Å². The Morgan fingerprint density at radius 2 is 2.10 bits per heavy atom. The molecule has 1 amide bonds. The fraction of sp³-hybridized carbons (Fsp3) is 0.533. The van der Waals surface area contributed by atoms with E-state index in [9.17, 15) is 4.79 Å². The Bertz CT molecular complexity index is 424. The van der Waals surface area contributed by atoms with Gasteiger partial charge in [-0.1, -0.05) is 30.3 Å². The number of likely N-dealkylation sites (N-methyl/N-ethyl adjacent to an activating group) is 1. The standard InChI is InChI=1S/C15H23N3O.ClH/c1-12(16)15(19)17(2)14-8-9-18(11-14)10-13-6-4-3-5-7-13;/h3-7,12,14H,8-11,16H2,1-2H3;1H/t12-,14?;/m0./s1. The third-order valence-corrected chi connectivity index (χ3v) is 3.78. The van der Waals surface area contributed by atoms with Gasteiger partial charge in [0.1, 0.15) is 0 Å². The lowest BCUT2D eigenvalue weighted by Crippen LogP contribution is -2.46. The SMILES string of the molecule is C[C@H](N)C(=O)N(C)C1CCN(Cc2ccccc2)C1.Cl. The molecule has 2 N–H and O–H groups in total. The van der Waals surface area contributed by atoms with E-state index in [0.29, 0.717) is 6.04 Å². The van der Waals surface area contributed by atoms with E-state index in [-0.39, 0.29) is 18.3 Å². The predicted octanol–water partition coefficient (Wildman–Crippen LogP) is 1.49. The van der Waals surface area contributed by atoms with Crippen LogP contribution in [-0.4, -0.2) is 47.9 Å². The zero-order valence-corrected chi connectivity index (χ0v) is 13.0. The molecule has 1 aromatic rings. The molecule has 2 atom stereocenters. The lowest BCUT2D eigenvalue weighted by Gasteiger charge is -2.26. The lowest BCUT2D eigenvalue weighted by molar-refractivity contribution is -0.132. The van der Waals surface area contributed by atoms with Crippen molar-refractivity contribution in [3.05, 3.63) is 35.9 Å². The minimum absolute atomic E-state index is 0. The third kappa shape index (κ3) is 4.20. The number of halogens is 1. The number of amides is 1. The highest BCUT2D eigenvalue weighted by atomic mass is 35.5. The Balaban J connectivity index is 0.00000200. The summed E-state index contributed by atoms with van der Waals surface area (Å²) in [7, 11) is 1.86. The molecule has 1 aliphatic heterocycles. The maximum Gasteiger partial charge on any atom is 0.239 e. The molecule has 0 bridgehead atoms. The van der Waals surface area contributed by atoms with Crippen molar-refractivity contribution in [3.63, 3.8) is 0 Å². The van der Waals surface area contributed by atoms with Crippen LogP contribution in [0.1, 0.15) is 18.9 Å². The smallest absolute Gasteiger partial charge is 0.239 e. The van der Waals surface area contributed by atoms with Gasteiger partial charge in [-0.2, -0.15) is 0 Å². The van der Waals surface area contributed by atoms with Crippen molar-refractivity contribution in [2.24, 2.45) is 5.73 Å². The summed E-state index contributed by atoms with van der Waals surface area (Å²) in [6.45, 7) is 4.67. The van der Waals surface area contributed by atoms with Gasteiger partial charge in [-0.05, 0) is 18.9 Å². The molecule has 1 saturated heterocycles. The zero-order valence-electron chi connectivity index (χ0n) is 12.2. The van der Waals surface area contributed by atoms with Gasteiger partial charge in [0.05, 0.1) is 6.04 Å². The van der Waals surface area contributed by atoms with Gasteiger partial charge in [0.15, 0.2) is 0 Å². The van der Waals surface area contributed by atoms with Crippen molar-refractivity contribution >= 4 is 18.3 Å². The van der Waals surface area contributed by atoms with Gasteiger partial charge < -0.3 is 10.6 Å². The van der Waals surface area contributed by atoms with Gasteiger partial charge in [0.25, 0.3) is 0 Å². The molecule has 5 heteroatoms. The molecule has 1 fully saturated rings. The predicted molar refractivity (Wildman–Crippen MR) is 83.8 cm³/mol. The molecule has 0 saturated carbocycles. The monoisotopic (exact) mass is 297 g/mol. The quantitative estimate of drug-likeness (QED) is 0.916. The van der Waals surface area contributed by atoms with Gasteiger partial charge >= 0.3 is 0 Å². The number of carbonyl (C=O) groups is 1. The molecule has 1 aromatic carbocycles. The van der Waals surface area contributed by atoms with E-state index in [0.717, 1.165) is 26.1 Å². The second-order valence-corrected chi connectivity index (χ2v) is 5.40. The summed E-state index contributed by atoms with van der Waals surface area (Å²) in [6.07, 6.45) is 1.03. The van der Waals surface area contributed by atoms with Crippen LogP contribution in [0.5, 0.6) is 0 Å². The van der Waals surface area contributed by atoms with Crippen LogP contribution < -0.4 is 5.73 Å². The highest BCUT2D eigenvalue weighted by Crippen LogP contribution is 2.17. The van der Waals surface area contributed by atoms with Crippen LogP contribution in [-0.2, 0) is 11.3 Å². The van der Waals surface area contributed by atoms with E-state index in [2.05, 4.69) is 29.2 Å². The van der Waals surface area contributed by atoms with Crippen LogP contribution in [0.3, 0.4) is 0 Å². The van der Waals surface area contributed by atoms with Gasteiger partial charge in [-0.3, -0.25) is 9.69 Å². The molecule has 1 heterocycles. The molecule has 0 aliphatic carbocycles. The number of hydrogen-bond donors (Lipinski definition) is 1. The first-order valence-electron chi connectivity index (χ1n) is 6.86. The summed E-state index contributed by atoms with van der Waals surface area (Å²) in [5, 5.41) is 0. The second kappa shape index (κ2) is 7.62. The largest absolute Gasteiger partial charge is 0.340 e. The molecular formula is C15H24ClN3O. The van der Waals surface area contributed by atoms with E-state index in [1.165, 1.54) is 5.56 Å². The van der Waals surface area contributed by atoms with E-state index in [4.69, 9.17) is 5.73 Å². The van der Waals surface area contributed by atoms with Crippen molar-refractivity contribution in [2.45, 2.75) is 32.0 Å². The number of hydrogen-bond acceptors (Lipinski definition) is 3. The van der Waals surface area contributed by atoms with Crippen molar-refractivity contribution < 1.29 is 4.79 Å². The van der Waals surface area contributed by atoms with Crippen LogP contribution in [0.15, 0.2) is 30.3 Å². The molecule has 4 nitrogen and oxygen atoms in total. The first-order valence-corrected chi connectivity index (χ1v) is 6.86. The highest BCUT2D eigenvalue weighted by Gasteiger charge is 2.29. The van der Waals surface area contributed by atoms with Crippen molar-refractivity contribution in [1.29, 1.82) is 0 Å². The molecule has 0 aromatic heterocycles. The lowest BCUT2D eigenvalue weighted by atomic mass is 10.2. The van der Waals surface area contributed by atoms with Gasteiger partial charge in [-0.15, -0.1) is 12.4 Å². The normalized spacial score (nSPS) is 20.2. The maximum atomic E-state index is 11.9. The Hall–Kier alpha value is -1.10. The average Bonchev–Trinajstić information content (AvgIpc) is 2.86. The fourth-order valence-electron chi connectivity index (χ4n) is 2.61. The van der Waals surface area contributed by atoms with E-state index >= 15 is 0 Å². The molecule has 112 valence electrons. The third-order valence-electron chi connectivity index (χ3n) is 3.78. The van der Waals surface area contributed by atoms with Gasteiger partial charge in [0.2, 0.25) is 5.91 Å². The van der Waals surface area contributed by atoms with Crippen molar-refractivity contribution in [1.82, 2.24) is 9.80 Å². The Kier molecular flexibility index (Phi) is 6.46. The minimum atomic E-state index is -0.409. The molecule has 0 radical (unpaired) electrons. The molecule has 0 spiro atoms. The first-order chi connectivity index (χ1) is 9.08. The summed E-state index contributed by atoms with van der Waals surface area (Å²) >= 11 is 0. The molecule has 2 rings (SSSR count). The molecular weight excluding hydrogens is 274 g/mol. The molecule has 1 unspecified atom stereocenters. The summed E-state index contributed by atoms with van der Waals surface area (Å²) in [6, 6.07) is 10.3. The van der Waals surface area contributed by atoms with Crippen LogP contribution in [0.4, 0.5) is 0 Å². The van der Waals surface area contributed by atoms with Crippen LogP contribution in [0.25, 0.3) is 0 Å². The van der Waals surface area contributed by atoms with E-state index in [1.807, 2.05) is 18.0 Å². The minimum Gasteiger partial charge on any atom is -0.340 e. The van der Waals surface area contributed by atoms with Crippen LogP contribution >= 0.6 is 12.4 Å². The summed E-state index contributed by atoms with van der Waals surface area (Å²) < 4.78 is 0. The van der Waals surface area contributed by atoms with E-state index < -0.39 is 6.04 Å². The van der Waals surface area contributed by atoms with Crippen LogP contribution in [0, 0.1) is 0 Å². The first kappa shape index (κ1) is 17.0. The fourth-order valence-corrected chi connectivity index (χ4v) is 2.61. The Labute approximate surface area is 127 Å². The zero-order chi connectivity index (χ0) is 13.8. The summed E-state index contributed by atoms with van der Waals surface area (Å²) in [4.78, 5) is 16.1. The number of benzene rings is 1. The number of nitrogens with zero attached hydrogens (tertiary/aromatic N) is 2. The van der Waals surface area contributed by atoms with Gasteiger partial charge in [-0.25, -0.2) is 0 Å².